The molecule has 0 fully saturated rings. The fourth-order valence-corrected chi connectivity index (χ4v) is 4.48. The highest BCUT2D eigenvalue weighted by Gasteiger charge is 2.23. The fourth-order valence-electron chi connectivity index (χ4n) is 2.99. The lowest BCUT2D eigenvalue weighted by molar-refractivity contribution is -0.114. The molecular weight excluding hydrogens is 406 g/mol. The molecule has 0 aliphatic rings. The number of benzene rings is 2. The van der Waals surface area contributed by atoms with E-state index in [1.807, 2.05) is 0 Å². The summed E-state index contributed by atoms with van der Waals surface area (Å²) in [5.74, 6) is -0.281. The number of hydrogen-bond acceptors (Lipinski definition) is 5. The predicted molar refractivity (Wildman–Crippen MR) is 117 cm³/mol. The van der Waals surface area contributed by atoms with Gasteiger partial charge in [-0.3, -0.25) is 9.59 Å². The van der Waals surface area contributed by atoms with Gasteiger partial charge in [-0.1, -0.05) is 19.9 Å². The molecule has 8 nitrogen and oxygen atoms in total. The van der Waals surface area contributed by atoms with E-state index in [0.717, 1.165) is 0 Å². The molecule has 0 aliphatic carbocycles. The van der Waals surface area contributed by atoms with Crippen molar-refractivity contribution >= 4 is 33.2 Å². The zero-order valence-corrected chi connectivity index (χ0v) is 18.6. The summed E-state index contributed by atoms with van der Waals surface area (Å²) in [6, 6.07) is 9.33. The number of amides is 2. The lowest BCUT2D eigenvalue weighted by Gasteiger charge is -2.19. The Morgan fingerprint density at radius 2 is 1.70 bits per heavy atom. The van der Waals surface area contributed by atoms with Gasteiger partial charge in [0.25, 0.3) is 5.91 Å². The number of ether oxygens (including phenoxy) is 1. The molecule has 2 rings (SSSR count). The van der Waals surface area contributed by atoms with Crippen LogP contribution < -0.4 is 15.4 Å². The lowest BCUT2D eigenvalue weighted by Crippen LogP contribution is -2.30. The Hall–Kier alpha value is -2.91. The number of carbonyl (C=O) groups is 2. The van der Waals surface area contributed by atoms with E-state index in [-0.39, 0.29) is 16.4 Å². The highest BCUT2D eigenvalue weighted by molar-refractivity contribution is 7.89. The molecule has 0 saturated heterocycles. The van der Waals surface area contributed by atoms with Gasteiger partial charge < -0.3 is 15.4 Å². The zero-order chi connectivity index (χ0) is 22.5. The summed E-state index contributed by atoms with van der Waals surface area (Å²) in [4.78, 5) is 24.3. The minimum absolute atomic E-state index is 0.0654. The van der Waals surface area contributed by atoms with Gasteiger partial charge in [0, 0.05) is 31.3 Å². The van der Waals surface area contributed by atoms with Crippen molar-refractivity contribution in [2.75, 3.05) is 30.8 Å². The Morgan fingerprint density at radius 3 is 2.27 bits per heavy atom. The first-order chi connectivity index (χ1) is 14.1. The predicted octanol–water partition coefficient (Wildman–Crippen LogP) is 3.24. The van der Waals surface area contributed by atoms with Crippen LogP contribution in [0.5, 0.6) is 5.75 Å². The molecule has 0 heterocycles. The van der Waals surface area contributed by atoms with E-state index in [1.165, 1.54) is 30.5 Å². The topological polar surface area (TPSA) is 105 Å². The van der Waals surface area contributed by atoms with Gasteiger partial charge in [0.05, 0.1) is 17.7 Å². The summed E-state index contributed by atoms with van der Waals surface area (Å²) in [5, 5.41) is 5.39. The van der Waals surface area contributed by atoms with Gasteiger partial charge in [-0.25, -0.2) is 8.42 Å². The number of rotatable bonds is 8. The van der Waals surface area contributed by atoms with Gasteiger partial charge in [-0.05, 0) is 42.8 Å². The van der Waals surface area contributed by atoms with Crippen molar-refractivity contribution in [2.24, 2.45) is 0 Å². The molecule has 0 saturated carbocycles. The summed E-state index contributed by atoms with van der Waals surface area (Å²) < 4.78 is 32.1. The first kappa shape index (κ1) is 23.4. The maximum absolute atomic E-state index is 12.9. The molecule has 2 aromatic carbocycles. The summed E-state index contributed by atoms with van der Waals surface area (Å²) in [7, 11) is -2.21. The van der Waals surface area contributed by atoms with Crippen LogP contribution in [0.3, 0.4) is 0 Å². The number of carbonyl (C=O) groups excluding carboxylic acids is 2. The van der Waals surface area contributed by atoms with Gasteiger partial charge in [-0.15, -0.1) is 0 Å². The van der Waals surface area contributed by atoms with Crippen LogP contribution in [0, 0.1) is 6.92 Å². The third-order valence-electron chi connectivity index (χ3n) is 4.56. The second-order valence-corrected chi connectivity index (χ2v) is 8.55. The van der Waals surface area contributed by atoms with Crippen LogP contribution in [0.25, 0.3) is 0 Å². The number of hydrogen-bond donors (Lipinski definition) is 2. The maximum atomic E-state index is 12.9. The summed E-state index contributed by atoms with van der Waals surface area (Å²) in [6.45, 7) is 7.31. The van der Waals surface area contributed by atoms with E-state index in [4.69, 9.17) is 4.74 Å². The number of nitrogens with one attached hydrogen (secondary N) is 2. The molecule has 0 aromatic heterocycles. The first-order valence-corrected chi connectivity index (χ1v) is 11.0. The molecule has 2 aromatic rings. The third-order valence-corrected chi connectivity index (χ3v) is 6.61. The number of methoxy groups -OCH3 is 1. The van der Waals surface area contributed by atoms with Crippen LogP contribution in [0.15, 0.2) is 41.3 Å². The van der Waals surface area contributed by atoms with E-state index in [1.54, 1.807) is 45.0 Å². The minimum Gasteiger partial charge on any atom is -0.495 e. The molecule has 0 spiro atoms. The molecule has 0 unspecified atom stereocenters. The van der Waals surface area contributed by atoms with Crippen molar-refractivity contribution in [3.05, 3.63) is 47.5 Å². The maximum Gasteiger partial charge on any atom is 0.255 e. The monoisotopic (exact) mass is 433 g/mol. The molecular formula is C21H27N3O5S. The largest absolute Gasteiger partial charge is 0.495 e. The van der Waals surface area contributed by atoms with Gasteiger partial charge >= 0.3 is 0 Å². The highest BCUT2D eigenvalue weighted by atomic mass is 32.2. The summed E-state index contributed by atoms with van der Waals surface area (Å²) in [6.07, 6.45) is 0. The number of sulfonamides is 1. The van der Waals surface area contributed by atoms with Crippen molar-refractivity contribution < 1.29 is 22.7 Å². The molecule has 0 radical (unpaired) electrons. The van der Waals surface area contributed by atoms with E-state index in [2.05, 4.69) is 10.6 Å². The smallest absolute Gasteiger partial charge is 0.255 e. The molecule has 30 heavy (non-hydrogen) atoms. The van der Waals surface area contributed by atoms with E-state index in [9.17, 15) is 18.0 Å². The van der Waals surface area contributed by atoms with Gasteiger partial charge in [-0.2, -0.15) is 4.31 Å². The quantitative estimate of drug-likeness (QED) is 0.665. The van der Waals surface area contributed by atoms with Crippen LogP contribution in [-0.4, -0.2) is 44.7 Å². The standard InChI is InChI=1S/C21H27N3O5S/c1-6-24(7-2)30(27,28)17-10-8-14(3)18(13-17)21(26)23-16-9-11-20(29-5)19(12-16)22-15(4)25/h8-13H,6-7H2,1-5H3,(H,22,25)(H,23,26). The van der Waals surface area contributed by atoms with Crippen LogP contribution in [0.4, 0.5) is 11.4 Å². The fraction of sp³-hybridized carbons (Fsp3) is 0.333. The molecule has 0 atom stereocenters. The Kier molecular flexibility index (Phi) is 7.58. The zero-order valence-electron chi connectivity index (χ0n) is 17.8. The molecule has 2 N–H and O–H groups in total. The van der Waals surface area contributed by atoms with Crippen LogP contribution in [0.2, 0.25) is 0 Å². The molecule has 162 valence electrons. The van der Waals surface area contributed by atoms with Crippen LogP contribution >= 0.6 is 0 Å². The molecule has 2 amide bonds. The summed E-state index contributed by atoms with van der Waals surface area (Å²) in [5.41, 5.74) is 1.74. The second-order valence-electron chi connectivity index (χ2n) is 6.62. The molecule has 0 bridgehead atoms. The van der Waals surface area contributed by atoms with Crippen molar-refractivity contribution in [2.45, 2.75) is 32.6 Å². The number of aryl methyl sites for hydroxylation is 1. The van der Waals surface area contributed by atoms with E-state index >= 15 is 0 Å². The van der Waals surface area contributed by atoms with Crippen LogP contribution in [0.1, 0.15) is 36.7 Å². The normalized spacial score (nSPS) is 11.3. The van der Waals surface area contributed by atoms with Gasteiger partial charge in [0.1, 0.15) is 5.75 Å². The highest BCUT2D eigenvalue weighted by Crippen LogP contribution is 2.28. The van der Waals surface area contributed by atoms with Crippen LogP contribution in [-0.2, 0) is 14.8 Å². The Bertz CT molecular complexity index is 1050. The SMILES string of the molecule is CCN(CC)S(=O)(=O)c1ccc(C)c(C(=O)Nc2ccc(OC)c(NC(C)=O)c2)c1. The Morgan fingerprint density at radius 1 is 1.03 bits per heavy atom. The van der Waals surface area contributed by atoms with E-state index < -0.39 is 15.9 Å². The van der Waals surface area contributed by atoms with Crippen molar-refractivity contribution in [1.82, 2.24) is 4.31 Å². The second kappa shape index (κ2) is 9.73. The van der Waals surface area contributed by atoms with Crippen molar-refractivity contribution in [3.63, 3.8) is 0 Å². The third kappa shape index (κ3) is 5.17. The number of nitrogens with zero attached hydrogens (tertiary/aromatic N) is 1. The first-order valence-electron chi connectivity index (χ1n) is 9.51. The van der Waals surface area contributed by atoms with Crippen molar-refractivity contribution in [3.8, 4) is 5.75 Å². The van der Waals surface area contributed by atoms with E-state index in [0.29, 0.717) is 35.8 Å². The molecule has 9 heteroatoms. The van der Waals surface area contributed by atoms with Gasteiger partial charge in [0.15, 0.2) is 0 Å². The molecule has 0 aliphatic heterocycles. The Balaban J connectivity index is 2.37. The Labute approximate surface area is 177 Å². The van der Waals surface area contributed by atoms with Gasteiger partial charge in [0.2, 0.25) is 15.9 Å². The minimum atomic E-state index is -3.69. The summed E-state index contributed by atoms with van der Waals surface area (Å²) >= 11 is 0. The average molecular weight is 434 g/mol. The van der Waals surface area contributed by atoms with Crippen molar-refractivity contribution in [1.29, 1.82) is 0 Å². The number of anilines is 2. The average Bonchev–Trinajstić information content (AvgIpc) is 2.68. The lowest BCUT2D eigenvalue weighted by atomic mass is 10.1.